The summed E-state index contributed by atoms with van der Waals surface area (Å²) in [7, 11) is 0. The van der Waals surface area contributed by atoms with Crippen molar-refractivity contribution in [3.63, 3.8) is 0 Å². The van der Waals surface area contributed by atoms with E-state index in [2.05, 4.69) is 95.4 Å². The van der Waals surface area contributed by atoms with E-state index in [9.17, 15) is 0 Å². The predicted octanol–water partition coefficient (Wildman–Crippen LogP) is 6.32. The highest BCUT2D eigenvalue weighted by molar-refractivity contribution is 5.56. The molecule has 0 saturated carbocycles. The predicted molar refractivity (Wildman–Crippen MR) is 139 cm³/mol. The van der Waals surface area contributed by atoms with E-state index in [1.165, 1.54) is 22.4 Å². The zero-order valence-corrected chi connectivity index (χ0v) is 20.4. The van der Waals surface area contributed by atoms with Gasteiger partial charge in [-0.15, -0.1) is 0 Å². The Morgan fingerprint density at radius 2 is 1.63 bits per heavy atom. The number of ether oxygens (including phenoxy) is 2. The van der Waals surface area contributed by atoms with Gasteiger partial charge in [0.1, 0.15) is 5.82 Å². The van der Waals surface area contributed by atoms with Crippen molar-refractivity contribution < 1.29 is 9.47 Å². The number of imidazole rings is 1. The maximum atomic E-state index is 5.59. The number of rotatable bonds is 11. The molecule has 0 N–H and O–H groups in total. The summed E-state index contributed by atoms with van der Waals surface area (Å²) in [6.45, 7) is 6.22. The van der Waals surface area contributed by atoms with Gasteiger partial charge in [-0.3, -0.25) is 4.90 Å². The van der Waals surface area contributed by atoms with E-state index in [1.54, 1.807) is 0 Å². The summed E-state index contributed by atoms with van der Waals surface area (Å²) >= 11 is 0. The monoisotopic (exact) mass is 467 g/mol. The molecule has 180 valence electrons. The second-order valence-electron chi connectivity index (χ2n) is 9.08. The molecule has 4 aromatic rings. The lowest BCUT2D eigenvalue weighted by Crippen LogP contribution is -2.26. The first kappa shape index (κ1) is 23.2. The van der Waals surface area contributed by atoms with Crippen LogP contribution < -0.4 is 9.47 Å². The minimum Gasteiger partial charge on any atom is -0.454 e. The minimum absolute atomic E-state index is 0.310. The van der Waals surface area contributed by atoms with Crippen molar-refractivity contribution in [3.8, 4) is 22.9 Å². The average molecular weight is 468 g/mol. The van der Waals surface area contributed by atoms with E-state index in [4.69, 9.17) is 14.5 Å². The van der Waals surface area contributed by atoms with Crippen LogP contribution in [0.2, 0.25) is 0 Å². The zero-order valence-electron chi connectivity index (χ0n) is 20.4. The Bertz CT molecular complexity index is 1220. The Balaban J connectivity index is 1.38. The third kappa shape index (κ3) is 5.75. The van der Waals surface area contributed by atoms with Gasteiger partial charge in [-0.05, 0) is 36.1 Å². The van der Waals surface area contributed by atoms with Crippen LogP contribution in [0.15, 0.2) is 85.1 Å². The van der Waals surface area contributed by atoms with Crippen LogP contribution >= 0.6 is 0 Å². The Labute approximate surface area is 208 Å². The highest BCUT2D eigenvalue weighted by Crippen LogP contribution is 2.32. The van der Waals surface area contributed by atoms with Crippen LogP contribution in [0, 0.1) is 0 Å². The number of fused-ring (bicyclic) bond motifs is 1. The molecule has 0 aliphatic carbocycles. The lowest BCUT2D eigenvalue weighted by molar-refractivity contribution is 0.174. The topological polar surface area (TPSA) is 39.5 Å². The first-order valence-electron chi connectivity index (χ1n) is 12.5. The maximum absolute atomic E-state index is 5.59. The molecule has 0 amide bonds. The first-order valence-corrected chi connectivity index (χ1v) is 12.5. The summed E-state index contributed by atoms with van der Waals surface area (Å²) in [6, 6.07) is 27.5. The van der Waals surface area contributed by atoms with E-state index < -0.39 is 0 Å². The Morgan fingerprint density at radius 1 is 0.857 bits per heavy atom. The summed E-state index contributed by atoms with van der Waals surface area (Å²) in [5, 5.41) is 0. The van der Waals surface area contributed by atoms with Crippen molar-refractivity contribution in [2.45, 2.75) is 45.8 Å². The van der Waals surface area contributed by atoms with Gasteiger partial charge in [-0.2, -0.15) is 0 Å². The quantitative estimate of drug-likeness (QED) is 0.259. The van der Waals surface area contributed by atoms with Gasteiger partial charge in [0.15, 0.2) is 11.5 Å². The Hall–Kier alpha value is -3.57. The molecule has 1 aliphatic heterocycles. The summed E-state index contributed by atoms with van der Waals surface area (Å²) < 4.78 is 13.5. The second kappa shape index (κ2) is 11.2. The molecule has 2 heterocycles. The van der Waals surface area contributed by atoms with Gasteiger partial charge in [0.25, 0.3) is 0 Å². The summed E-state index contributed by atoms with van der Waals surface area (Å²) in [5.41, 5.74) is 5.02. The van der Waals surface area contributed by atoms with Crippen LogP contribution in [-0.4, -0.2) is 27.8 Å². The Morgan fingerprint density at radius 3 is 2.43 bits per heavy atom. The smallest absolute Gasteiger partial charge is 0.231 e. The molecule has 5 heteroatoms. The highest BCUT2D eigenvalue weighted by atomic mass is 16.7. The van der Waals surface area contributed by atoms with Gasteiger partial charge >= 0.3 is 0 Å². The van der Waals surface area contributed by atoms with Gasteiger partial charge in [0.2, 0.25) is 6.79 Å². The highest BCUT2D eigenvalue weighted by Gasteiger charge is 2.17. The number of hydrogen-bond donors (Lipinski definition) is 0. The molecule has 3 aromatic carbocycles. The van der Waals surface area contributed by atoms with Gasteiger partial charge in [-0.25, -0.2) is 4.98 Å². The summed E-state index contributed by atoms with van der Waals surface area (Å²) in [6.07, 6.45) is 5.30. The fourth-order valence-corrected chi connectivity index (χ4v) is 4.59. The van der Waals surface area contributed by atoms with Crippen molar-refractivity contribution in [1.29, 1.82) is 0 Å². The largest absolute Gasteiger partial charge is 0.454 e. The fourth-order valence-electron chi connectivity index (χ4n) is 4.59. The molecule has 5 nitrogen and oxygen atoms in total. The molecular formula is C30H33N3O2. The van der Waals surface area contributed by atoms with Crippen LogP contribution in [0.5, 0.6) is 11.5 Å². The van der Waals surface area contributed by atoms with Gasteiger partial charge in [0, 0.05) is 31.7 Å². The molecule has 0 bridgehead atoms. The molecule has 0 radical (unpaired) electrons. The van der Waals surface area contributed by atoms with Gasteiger partial charge < -0.3 is 14.0 Å². The van der Waals surface area contributed by atoms with Crippen molar-refractivity contribution in [2.24, 2.45) is 0 Å². The molecule has 0 unspecified atom stereocenters. The fraction of sp³-hybridized carbons (Fsp3) is 0.300. The van der Waals surface area contributed by atoms with Crippen LogP contribution in [0.4, 0.5) is 0 Å². The number of benzene rings is 3. The molecule has 0 saturated heterocycles. The summed E-state index contributed by atoms with van der Waals surface area (Å²) in [5.74, 6) is 2.75. The number of hydrogen-bond acceptors (Lipinski definition) is 4. The van der Waals surface area contributed by atoms with Crippen LogP contribution in [-0.2, 0) is 26.1 Å². The number of aromatic nitrogens is 2. The summed E-state index contributed by atoms with van der Waals surface area (Å²) in [4.78, 5) is 7.38. The molecule has 0 fully saturated rings. The number of nitrogens with zero attached hydrogens (tertiary/aromatic N) is 3. The lowest BCUT2D eigenvalue weighted by atomic mass is 10.1. The molecule has 35 heavy (non-hydrogen) atoms. The van der Waals surface area contributed by atoms with E-state index in [-0.39, 0.29) is 0 Å². The first-order chi connectivity index (χ1) is 17.3. The van der Waals surface area contributed by atoms with Crippen LogP contribution in [0.1, 0.15) is 36.6 Å². The minimum atomic E-state index is 0.310. The molecule has 1 aromatic heterocycles. The Kier molecular flexibility index (Phi) is 7.44. The normalized spacial score (nSPS) is 12.4. The maximum Gasteiger partial charge on any atom is 0.231 e. The van der Waals surface area contributed by atoms with Crippen LogP contribution in [0.25, 0.3) is 11.4 Å². The van der Waals surface area contributed by atoms with E-state index in [0.717, 1.165) is 62.8 Å². The second-order valence-corrected chi connectivity index (χ2v) is 9.08. The van der Waals surface area contributed by atoms with E-state index in [0.29, 0.717) is 6.79 Å². The number of unbranched alkanes of at least 4 members (excludes halogenated alkanes) is 1. The van der Waals surface area contributed by atoms with Crippen molar-refractivity contribution >= 4 is 0 Å². The van der Waals surface area contributed by atoms with Gasteiger partial charge in [0.05, 0.1) is 11.9 Å². The molecular weight excluding hydrogens is 434 g/mol. The zero-order chi connectivity index (χ0) is 23.9. The molecule has 1 aliphatic rings. The van der Waals surface area contributed by atoms with Crippen molar-refractivity contribution in [3.05, 3.63) is 102 Å². The van der Waals surface area contributed by atoms with Gasteiger partial charge in [-0.1, -0.05) is 80.1 Å². The van der Waals surface area contributed by atoms with Crippen molar-refractivity contribution in [2.75, 3.05) is 13.3 Å². The standard InChI is InChI=1S/C30H33N3O2/c1-2-3-17-33-27(20-31-30(33)26-12-8-5-9-13-26)22-32(21-25-10-6-4-7-11-25)18-16-24-14-15-28-29(19-24)35-23-34-28/h4-15,19-20H,2-3,16-18,21-23H2,1H3. The molecule has 0 atom stereocenters. The van der Waals surface area contributed by atoms with E-state index in [1.807, 2.05) is 6.07 Å². The van der Waals surface area contributed by atoms with Crippen molar-refractivity contribution in [1.82, 2.24) is 14.5 Å². The molecule has 5 rings (SSSR count). The SMILES string of the molecule is CCCCn1c(CN(CCc2ccc3c(c2)OCO3)Cc2ccccc2)cnc1-c1ccccc1. The third-order valence-corrected chi connectivity index (χ3v) is 6.49. The van der Waals surface area contributed by atoms with Crippen LogP contribution in [0.3, 0.4) is 0 Å². The molecule has 0 spiro atoms. The van der Waals surface area contributed by atoms with E-state index >= 15 is 0 Å². The third-order valence-electron chi connectivity index (χ3n) is 6.49. The lowest BCUT2D eigenvalue weighted by Gasteiger charge is -2.24. The average Bonchev–Trinajstić information content (AvgIpc) is 3.53.